The highest BCUT2D eigenvalue weighted by Crippen LogP contribution is 2.25. The number of hydrogen-bond donors (Lipinski definition) is 1. The van der Waals surface area contributed by atoms with Crippen LogP contribution < -0.4 is 14.8 Å². The predicted molar refractivity (Wildman–Crippen MR) is 115 cm³/mol. The molecule has 1 amide bonds. The molecule has 0 saturated carbocycles. The Morgan fingerprint density at radius 2 is 1.93 bits per heavy atom. The van der Waals surface area contributed by atoms with Gasteiger partial charge in [0, 0.05) is 42.5 Å². The maximum Gasteiger partial charge on any atom is 0.251 e. The first-order valence-corrected chi connectivity index (χ1v) is 9.47. The van der Waals surface area contributed by atoms with Gasteiger partial charge >= 0.3 is 0 Å². The van der Waals surface area contributed by atoms with Crippen molar-refractivity contribution in [1.29, 1.82) is 0 Å². The minimum atomic E-state index is -0.174. The first-order chi connectivity index (χ1) is 14.6. The van der Waals surface area contributed by atoms with Crippen LogP contribution in [0, 0.1) is 0 Å². The number of aromatic nitrogens is 3. The van der Waals surface area contributed by atoms with Crippen molar-refractivity contribution in [2.75, 3.05) is 14.2 Å². The highest BCUT2D eigenvalue weighted by Gasteiger charge is 2.13. The van der Waals surface area contributed by atoms with Gasteiger partial charge in [0.05, 0.1) is 14.2 Å². The number of nitrogens with one attached hydrogen (secondary N) is 1. The van der Waals surface area contributed by atoms with Crippen LogP contribution in [0.2, 0.25) is 0 Å². The van der Waals surface area contributed by atoms with E-state index in [0.29, 0.717) is 23.6 Å². The molecule has 4 aromatic rings. The van der Waals surface area contributed by atoms with Crippen LogP contribution in [0.25, 0.3) is 22.6 Å². The van der Waals surface area contributed by atoms with Crippen LogP contribution in [0.4, 0.5) is 0 Å². The van der Waals surface area contributed by atoms with Gasteiger partial charge in [0.25, 0.3) is 5.91 Å². The number of fused-ring (bicyclic) bond motifs is 1. The number of imidazole rings is 1. The summed E-state index contributed by atoms with van der Waals surface area (Å²) in [6.07, 6.45) is 1.74. The van der Waals surface area contributed by atoms with Crippen molar-refractivity contribution in [2.45, 2.75) is 6.54 Å². The van der Waals surface area contributed by atoms with Crippen LogP contribution in [0.5, 0.6) is 11.5 Å². The molecule has 2 aromatic carbocycles. The molecule has 1 N–H and O–H groups in total. The summed E-state index contributed by atoms with van der Waals surface area (Å²) in [6, 6.07) is 16.7. The van der Waals surface area contributed by atoms with Crippen molar-refractivity contribution in [2.24, 2.45) is 7.05 Å². The molecule has 2 heterocycles. The van der Waals surface area contributed by atoms with Crippen LogP contribution in [0.1, 0.15) is 15.9 Å². The number of methoxy groups -OCH3 is 2. The summed E-state index contributed by atoms with van der Waals surface area (Å²) in [4.78, 5) is 21.8. The van der Waals surface area contributed by atoms with Gasteiger partial charge < -0.3 is 19.4 Å². The summed E-state index contributed by atoms with van der Waals surface area (Å²) in [7, 11) is 5.11. The number of nitrogens with zero attached hydrogens (tertiary/aromatic N) is 3. The van der Waals surface area contributed by atoms with Crippen LogP contribution in [0.3, 0.4) is 0 Å². The average molecular weight is 402 g/mol. The summed E-state index contributed by atoms with van der Waals surface area (Å²) in [5.41, 5.74) is 3.89. The number of ether oxygens (including phenoxy) is 2. The van der Waals surface area contributed by atoms with Gasteiger partial charge in [0.15, 0.2) is 5.65 Å². The lowest BCUT2D eigenvalue weighted by Gasteiger charge is -2.12. The third-order valence-corrected chi connectivity index (χ3v) is 4.94. The van der Waals surface area contributed by atoms with Gasteiger partial charge in [-0.05, 0) is 36.4 Å². The van der Waals surface area contributed by atoms with Crippen LogP contribution in [0.15, 0.2) is 60.8 Å². The fourth-order valence-electron chi connectivity index (χ4n) is 3.36. The molecule has 0 saturated heterocycles. The lowest BCUT2D eigenvalue weighted by molar-refractivity contribution is 0.0950. The maximum atomic E-state index is 12.8. The number of rotatable bonds is 6. The molecule has 4 rings (SSSR count). The van der Waals surface area contributed by atoms with E-state index >= 15 is 0 Å². The van der Waals surface area contributed by atoms with E-state index in [1.807, 2.05) is 54.1 Å². The van der Waals surface area contributed by atoms with Gasteiger partial charge in [0.1, 0.15) is 22.8 Å². The number of amides is 1. The van der Waals surface area contributed by atoms with Gasteiger partial charge in [-0.2, -0.15) is 0 Å². The van der Waals surface area contributed by atoms with E-state index in [0.717, 1.165) is 28.1 Å². The Balaban J connectivity index is 1.55. The number of aryl methyl sites for hydroxylation is 1. The lowest BCUT2D eigenvalue weighted by atomic mass is 10.1. The minimum Gasteiger partial charge on any atom is -0.497 e. The molecule has 0 fully saturated rings. The molecule has 0 unspecified atom stereocenters. The molecule has 0 radical (unpaired) electrons. The number of hydrogen-bond acceptors (Lipinski definition) is 5. The molecule has 7 heteroatoms. The van der Waals surface area contributed by atoms with Gasteiger partial charge in [-0.15, -0.1) is 0 Å². The van der Waals surface area contributed by atoms with E-state index in [9.17, 15) is 4.79 Å². The van der Waals surface area contributed by atoms with E-state index in [1.165, 1.54) is 0 Å². The van der Waals surface area contributed by atoms with Crippen LogP contribution in [-0.2, 0) is 13.6 Å². The highest BCUT2D eigenvalue weighted by molar-refractivity contribution is 5.95. The Kier molecular flexibility index (Phi) is 5.34. The van der Waals surface area contributed by atoms with Crippen molar-refractivity contribution in [3.8, 4) is 22.9 Å². The molecule has 0 aliphatic carbocycles. The number of benzene rings is 2. The molecule has 152 valence electrons. The second-order valence-electron chi connectivity index (χ2n) is 6.78. The maximum absolute atomic E-state index is 12.8. The van der Waals surface area contributed by atoms with Crippen molar-refractivity contribution >= 4 is 17.1 Å². The van der Waals surface area contributed by atoms with Gasteiger partial charge in [-0.3, -0.25) is 4.79 Å². The van der Waals surface area contributed by atoms with Crippen molar-refractivity contribution in [3.63, 3.8) is 0 Å². The monoisotopic (exact) mass is 402 g/mol. The Morgan fingerprint density at radius 1 is 1.07 bits per heavy atom. The van der Waals surface area contributed by atoms with Crippen LogP contribution in [-0.4, -0.2) is 34.7 Å². The molecule has 0 bridgehead atoms. The zero-order valence-electron chi connectivity index (χ0n) is 17.0. The number of pyridine rings is 1. The molecule has 30 heavy (non-hydrogen) atoms. The van der Waals surface area contributed by atoms with Gasteiger partial charge in [-0.1, -0.05) is 12.1 Å². The standard InChI is InChI=1S/C23H22N4O3/c1-27-21(26-19-8-5-11-24-22(19)27)15-6-4-7-16(12-15)23(28)25-14-17-9-10-18(29-2)13-20(17)30-3/h4-13H,14H2,1-3H3,(H,25,28). The molecule has 7 nitrogen and oxygen atoms in total. The predicted octanol–water partition coefficient (Wildman–Crippen LogP) is 3.58. The van der Waals surface area contributed by atoms with E-state index in [1.54, 1.807) is 32.5 Å². The van der Waals surface area contributed by atoms with Crippen molar-refractivity contribution in [1.82, 2.24) is 19.9 Å². The van der Waals surface area contributed by atoms with E-state index < -0.39 is 0 Å². The number of carbonyl (C=O) groups is 1. The second kappa shape index (κ2) is 8.24. The molecule has 0 atom stereocenters. The second-order valence-corrected chi connectivity index (χ2v) is 6.78. The van der Waals surface area contributed by atoms with E-state index in [-0.39, 0.29) is 5.91 Å². The SMILES string of the molecule is COc1ccc(CNC(=O)c2cccc(-c3nc4cccnc4n3C)c2)c(OC)c1. The minimum absolute atomic E-state index is 0.174. The highest BCUT2D eigenvalue weighted by atomic mass is 16.5. The fraction of sp³-hybridized carbons (Fsp3) is 0.174. The molecule has 0 spiro atoms. The van der Waals surface area contributed by atoms with E-state index in [4.69, 9.17) is 9.47 Å². The molecule has 2 aromatic heterocycles. The first kappa shape index (κ1) is 19.4. The Morgan fingerprint density at radius 3 is 2.70 bits per heavy atom. The van der Waals surface area contributed by atoms with Crippen molar-refractivity contribution < 1.29 is 14.3 Å². The summed E-state index contributed by atoms with van der Waals surface area (Å²) < 4.78 is 12.5. The van der Waals surface area contributed by atoms with Crippen LogP contribution >= 0.6 is 0 Å². The lowest BCUT2D eigenvalue weighted by Crippen LogP contribution is -2.23. The summed E-state index contributed by atoms with van der Waals surface area (Å²) >= 11 is 0. The zero-order valence-corrected chi connectivity index (χ0v) is 17.0. The molecule has 0 aliphatic rings. The smallest absolute Gasteiger partial charge is 0.251 e. The zero-order chi connectivity index (χ0) is 21.1. The summed E-state index contributed by atoms with van der Waals surface area (Å²) in [6.45, 7) is 0.340. The topological polar surface area (TPSA) is 78.3 Å². The number of carbonyl (C=O) groups excluding carboxylic acids is 1. The third-order valence-electron chi connectivity index (χ3n) is 4.94. The quantitative estimate of drug-likeness (QED) is 0.533. The largest absolute Gasteiger partial charge is 0.497 e. The normalized spacial score (nSPS) is 10.8. The van der Waals surface area contributed by atoms with E-state index in [2.05, 4.69) is 15.3 Å². The van der Waals surface area contributed by atoms with Gasteiger partial charge in [-0.25, -0.2) is 9.97 Å². The molecular weight excluding hydrogens is 380 g/mol. The van der Waals surface area contributed by atoms with Crippen molar-refractivity contribution in [3.05, 3.63) is 71.9 Å². The summed E-state index contributed by atoms with van der Waals surface area (Å²) in [5.74, 6) is 1.95. The fourth-order valence-corrected chi connectivity index (χ4v) is 3.36. The van der Waals surface area contributed by atoms with Gasteiger partial charge in [0.2, 0.25) is 0 Å². The Hall–Kier alpha value is -3.87. The Bertz CT molecular complexity index is 1220. The average Bonchev–Trinajstić information content (AvgIpc) is 3.14. The Labute approximate surface area is 174 Å². The first-order valence-electron chi connectivity index (χ1n) is 9.47. The third kappa shape index (κ3) is 3.69. The molecular formula is C23H22N4O3. The summed E-state index contributed by atoms with van der Waals surface area (Å²) in [5, 5.41) is 2.95. The molecule has 0 aliphatic heterocycles.